The summed E-state index contributed by atoms with van der Waals surface area (Å²) in [5, 5.41) is 10.8. The van der Waals surface area contributed by atoms with Crippen LogP contribution in [0.3, 0.4) is 0 Å². The molecule has 1 N–H and O–H groups in total. The SMILES string of the molecule is C=CCSc1nnc(NC(=O)CN(c2ccc(OC)c(OC)c2)S(=O)(=O)c2ccc(C)cc2)s1. The zero-order valence-electron chi connectivity index (χ0n) is 18.8. The van der Waals surface area contributed by atoms with E-state index in [0.717, 1.165) is 9.87 Å². The van der Waals surface area contributed by atoms with E-state index >= 15 is 0 Å². The van der Waals surface area contributed by atoms with E-state index in [1.165, 1.54) is 55.5 Å². The number of rotatable bonds is 11. The number of anilines is 2. The molecule has 1 amide bonds. The molecular formula is C22H24N4O5S3. The Bertz CT molecular complexity index is 1260. The van der Waals surface area contributed by atoms with Gasteiger partial charge in [-0.25, -0.2) is 8.42 Å². The third kappa shape index (κ3) is 6.07. The second-order valence-electron chi connectivity index (χ2n) is 6.88. The Kier molecular flexibility index (Phi) is 8.53. The number of nitrogens with one attached hydrogen (secondary N) is 1. The van der Waals surface area contributed by atoms with Crippen LogP contribution in [0.25, 0.3) is 0 Å². The van der Waals surface area contributed by atoms with Gasteiger partial charge in [-0.3, -0.25) is 14.4 Å². The van der Waals surface area contributed by atoms with Crippen molar-refractivity contribution in [1.82, 2.24) is 10.2 Å². The van der Waals surface area contributed by atoms with E-state index in [-0.39, 0.29) is 15.7 Å². The number of ether oxygens (including phenoxy) is 2. The molecule has 0 unspecified atom stereocenters. The van der Waals surface area contributed by atoms with Crippen molar-refractivity contribution in [3.63, 3.8) is 0 Å². The average Bonchev–Trinajstić information content (AvgIpc) is 3.27. The molecule has 0 atom stereocenters. The lowest BCUT2D eigenvalue weighted by Gasteiger charge is -2.24. The number of benzene rings is 2. The van der Waals surface area contributed by atoms with Gasteiger partial charge in [-0.15, -0.1) is 16.8 Å². The van der Waals surface area contributed by atoms with Gasteiger partial charge in [0, 0.05) is 11.8 Å². The van der Waals surface area contributed by atoms with Gasteiger partial charge in [0.1, 0.15) is 6.54 Å². The van der Waals surface area contributed by atoms with Crippen molar-refractivity contribution in [2.45, 2.75) is 16.2 Å². The van der Waals surface area contributed by atoms with Crippen molar-refractivity contribution in [1.29, 1.82) is 0 Å². The van der Waals surface area contributed by atoms with E-state index in [9.17, 15) is 13.2 Å². The van der Waals surface area contributed by atoms with Crippen LogP contribution in [-0.4, -0.2) is 51.0 Å². The van der Waals surface area contributed by atoms with E-state index in [4.69, 9.17) is 9.47 Å². The summed E-state index contributed by atoms with van der Waals surface area (Å²) in [6.07, 6.45) is 1.74. The van der Waals surface area contributed by atoms with Crippen molar-refractivity contribution in [3.05, 3.63) is 60.7 Å². The lowest BCUT2D eigenvalue weighted by molar-refractivity contribution is -0.114. The molecule has 0 saturated carbocycles. The van der Waals surface area contributed by atoms with Crippen molar-refractivity contribution >= 4 is 49.8 Å². The highest BCUT2D eigenvalue weighted by Gasteiger charge is 2.28. The van der Waals surface area contributed by atoms with Gasteiger partial charge in [-0.2, -0.15) is 0 Å². The standard InChI is InChI=1S/C22H24N4O5S3/c1-5-12-32-22-25-24-21(33-22)23-20(27)14-26(16-8-11-18(30-3)19(13-16)31-4)34(28,29)17-9-6-15(2)7-10-17/h5-11,13H,1,12,14H2,2-4H3,(H,23,24,27). The molecule has 0 fully saturated rings. The molecule has 180 valence electrons. The van der Waals surface area contributed by atoms with E-state index in [0.29, 0.717) is 21.6 Å². The van der Waals surface area contributed by atoms with Gasteiger partial charge < -0.3 is 9.47 Å². The molecule has 0 aliphatic carbocycles. The summed E-state index contributed by atoms with van der Waals surface area (Å²) < 4.78 is 39.3. The molecule has 0 aliphatic heterocycles. The summed E-state index contributed by atoms with van der Waals surface area (Å²) in [4.78, 5) is 12.9. The molecule has 3 rings (SSSR count). The molecule has 0 aliphatic rings. The maximum Gasteiger partial charge on any atom is 0.264 e. The van der Waals surface area contributed by atoms with E-state index in [1.54, 1.807) is 30.3 Å². The van der Waals surface area contributed by atoms with Gasteiger partial charge in [0.15, 0.2) is 15.8 Å². The number of hydrogen-bond donors (Lipinski definition) is 1. The Morgan fingerprint density at radius 2 is 1.85 bits per heavy atom. The number of aryl methyl sites for hydroxylation is 1. The topological polar surface area (TPSA) is 111 Å². The Labute approximate surface area is 206 Å². The molecule has 1 aromatic heterocycles. The molecule has 34 heavy (non-hydrogen) atoms. The second-order valence-corrected chi connectivity index (χ2v) is 11.0. The Balaban J connectivity index is 1.93. The van der Waals surface area contributed by atoms with Gasteiger partial charge in [0.05, 0.1) is 24.8 Å². The summed E-state index contributed by atoms with van der Waals surface area (Å²) in [6, 6.07) is 11.0. The number of sulfonamides is 1. The Morgan fingerprint density at radius 3 is 2.50 bits per heavy atom. The number of thioether (sulfide) groups is 1. The van der Waals surface area contributed by atoms with Crippen molar-refractivity contribution in [2.24, 2.45) is 0 Å². The molecule has 1 heterocycles. The average molecular weight is 521 g/mol. The second kappa shape index (κ2) is 11.4. The highest BCUT2D eigenvalue weighted by atomic mass is 32.2. The van der Waals surface area contributed by atoms with Crippen LogP contribution < -0.4 is 19.1 Å². The van der Waals surface area contributed by atoms with Crippen LogP contribution in [0.15, 0.2) is 64.4 Å². The Hall–Kier alpha value is -3.09. The number of carbonyl (C=O) groups excluding carboxylic acids is 1. The maximum atomic E-state index is 13.5. The van der Waals surface area contributed by atoms with Crippen LogP contribution >= 0.6 is 23.1 Å². The molecular weight excluding hydrogens is 496 g/mol. The van der Waals surface area contributed by atoms with Crippen LogP contribution in [0.5, 0.6) is 11.5 Å². The van der Waals surface area contributed by atoms with E-state index in [2.05, 4.69) is 22.1 Å². The monoisotopic (exact) mass is 520 g/mol. The first-order chi connectivity index (χ1) is 16.3. The summed E-state index contributed by atoms with van der Waals surface area (Å²) in [7, 11) is -1.15. The number of amides is 1. The van der Waals surface area contributed by atoms with Gasteiger partial charge in [0.25, 0.3) is 10.0 Å². The predicted molar refractivity (Wildman–Crippen MR) is 135 cm³/mol. The number of hydrogen-bond acceptors (Lipinski definition) is 9. The summed E-state index contributed by atoms with van der Waals surface area (Å²) in [5.41, 5.74) is 1.16. The van der Waals surface area contributed by atoms with E-state index < -0.39 is 22.5 Å². The minimum atomic E-state index is -4.08. The molecule has 0 bridgehead atoms. The normalized spacial score (nSPS) is 11.0. The molecule has 12 heteroatoms. The Morgan fingerprint density at radius 1 is 1.15 bits per heavy atom. The quantitative estimate of drug-likeness (QED) is 0.230. The first kappa shape index (κ1) is 25.5. The van der Waals surface area contributed by atoms with Crippen molar-refractivity contribution in [3.8, 4) is 11.5 Å². The van der Waals surface area contributed by atoms with Crippen molar-refractivity contribution < 1.29 is 22.7 Å². The zero-order chi connectivity index (χ0) is 24.7. The molecule has 0 saturated heterocycles. The third-order valence-electron chi connectivity index (χ3n) is 4.53. The van der Waals surface area contributed by atoms with Crippen LogP contribution in [0, 0.1) is 6.92 Å². The minimum absolute atomic E-state index is 0.0553. The fourth-order valence-electron chi connectivity index (χ4n) is 2.87. The number of carbonyl (C=O) groups is 1. The van der Waals surface area contributed by atoms with E-state index in [1.807, 2.05) is 6.92 Å². The van der Waals surface area contributed by atoms with Gasteiger partial charge >= 0.3 is 0 Å². The number of methoxy groups -OCH3 is 2. The van der Waals surface area contributed by atoms with Crippen molar-refractivity contribution in [2.75, 3.05) is 36.1 Å². The van der Waals surface area contributed by atoms with Gasteiger partial charge in [0.2, 0.25) is 11.0 Å². The molecule has 2 aromatic carbocycles. The lowest BCUT2D eigenvalue weighted by Crippen LogP contribution is -2.38. The fourth-order valence-corrected chi connectivity index (χ4v) is 5.81. The number of nitrogens with zero attached hydrogens (tertiary/aromatic N) is 3. The zero-order valence-corrected chi connectivity index (χ0v) is 21.3. The molecule has 3 aromatic rings. The fraction of sp³-hybridized carbons (Fsp3) is 0.227. The largest absolute Gasteiger partial charge is 0.493 e. The third-order valence-corrected chi connectivity index (χ3v) is 8.28. The molecule has 9 nitrogen and oxygen atoms in total. The number of aromatic nitrogens is 2. The molecule has 0 radical (unpaired) electrons. The highest BCUT2D eigenvalue weighted by Crippen LogP contribution is 2.34. The first-order valence-corrected chi connectivity index (χ1v) is 13.2. The minimum Gasteiger partial charge on any atom is -0.493 e. The maximum absolute atomic E-state index is 13.5. The van der Waals surface area contributed by atoms with Gasteiger partial charge in [-0.1, -0.05) is 46.9 Å². The van der Waals surface area contributed by atoms with Crippen LogP contribution in [0.2, 0.25) is 0 Å². The first-order valence-electron chi connectivity index (χ1n) is 9.97. The van der Waals surface area contributed by atoms with Crippen LogP contribution in [-0.2, 0) is 14.8 Å². The van der Waals surface area contributed by atoms with Crippen LogP contribution in [0.4, 0.5) is 10.8 Å². The summed E-state index contributed by atoms with van der Waals surface area (Å²) >= 11 is 2.63. The smallest absolute Gasteiger partial charge is 0.264 e. The molecule has 0 spiro atoms. The summed E-state index contributed by atoms with van der Waals surface area (Å²) in [5.74, 6) is 0.853. The van der Waals surface area contributed by atoms with Crippen LogP contribution in [0.1, 0.15) is 5.56 Å². The lowest BCUT2D eigenvalue weighted by atomic mass is 10.2. The predicted octanol–water partition coefficient (Wildman–Crippen LogP) is 3.98. The van der Waals surface area contributed by atoms with Gasteiger partial charge in [-0.05, 0) is 31.2 Å². The summed E-state index contributed by atoms with van der Waals surface area (Å²) in [6.45, 7) is 5.03. The highest BCUT2D eigenvalue weighted by molar-refractivity contribution is 8.01.